The van der Waals surface area contributed by atoms with Gasteiger partial charge in [-0.25, -0.2) is 14.2 Å². The van der Waals surface area contributed by atoms with Crippen LogP contribution in [0, 0.1) is 11.7 Å². The molecule has 9 heteroatoms. The number of carbonyl (C=O) groups excluding carboxylic acids is 2. The van der Waals surface area contributed by atoms with Gasteiger partial charge < -0.3 is 14.8 Å². The SMILES string of the molecule is CC.CC[CH2][Tl].COC(=O)c1nc(NC(=O)C2CCC2)c2c(-c3ccc(F)cc3)cncc2c1OCc1ccccc1. The standard InChI is InChI=1S/C28H24FN3O4.C3H7.C2H6.Tl/c1-35-28(34)24-25(36-16-17-6-3-2-4-7-17)22-15-30-14-21(18-10-12-20(29)13-11-18)23(22)26(31-24)32-27(33)19-8-5-9-19;1-3-2;1-2;/h2-4,6-7,10-15,19H,5,8-9,16H2,1H3,(H,31,32,33);1,3H2,2H3;1-2H3;. The van der Waals surface area contributed by atoms with E-state index in [0.29, 0.717) is 21.9 Å². The van der Waals surface area contributed by atoms with Gasteiger partial charge in [0.05, 0.1) is 7.11 Å². The molecule has 4 aromatic rings. The number of hydrogen-bond acceptors (Lipinski definition) is 6. The summed E-state index contributed by atoms with van der Waals surface area (Å²) in [4.78, 5) is 34.6. The number of nitrogens with zero attached hydrogens (tertiary/aromatic N) is 2. The Morgan fingerprint density at radius 1 is 1.05 bits per heavy atom. The molecule has 0 spiro atoms. The molecule has 0 radical (unpaired) electrons. The molecule has 218 valence electrons. The van der Waals surface area contributed by atoms with Crippen molar-refractivity contribution in [3.05, 3.63) is 84.1 Å². The molecule has 1 aliphatic rings. The van der Waals surface area contributed by atoms with E-state index in [2.05, 4.69) is 22.2 Å². The van der Waals surface area contributed by atoms with Crippen LogP contribution in [0.3, 0.4) is 0 Å². The van der Waals surface area contributed by atoms with Gasteiger partial charge in [-0.05, 0) is 36.1 Å². The fourth-order valence-corrected chi connectivity index (χ4v) is 4.17. The molecule has 1 fully saturated rings. The minimum Gasteiger partial charge on any atom is -0.486 e. The second-order valence-corrected chi connectivity index (χ2v) is 11.7. The second kappa shape index (κ2) is 16.9. The van der Waals surface area contributed by atoms with Crippen molar-refractivity contribution in [2.45, 2.75) is 57.0 Å². The van der Waals surface area contributed by atoms with E-state index in [4.69, 9.17) is 9.47 Å². The number of halogens is 1. The number of rotatable bonds is 8. The molecule has 0 bridgehead atoms. The first-order valence-corrected chi connectivity index (χ1v) is 17.5. The molecule has 7 nitrogen and oxygen atoms in total. The van der Waals surface area contributed by atoms with Gasteiger partial charge in [-0.2, -0.15) is 0 Å². The number of carbonyl (C=O) groups is 2. The number of benzene rings is 2. The van der Waals surface area contributed by atoms with E-state index in [-0.39, 0.29) is 41.5 Å². The number of fused-ring (bicyclic) bond motifs is 1. The Balaban J connectivity index is 0.000000745. The Labute approximate surface area is 262 Å². The van der Waals surface area contributed by atoms with Crippen LogP contribution in [0.1, 0.15) is 62.5 Å². The van der Waals surface area contributed by atoms with E-state index < -0.39 is 5.97 Å². The summed E-state index contributed by atoms with van der Waals surface area (Å²) in [6.07, 6.45) is 7.18. The summed E-state index contributed by atoms with van der Waals surface area (Å²) in [5.74, 6) is -0.941. The number of esters is 1. The Morgan fingerprint density at radius 2 is 1.71 bits per heavy atom. The molecule has 5 rings (SSSR count). The number of anilines is 1. The smallest absolute Gasteiger partial charge is 0.360 e. The van der Waals surface area contributed by atoms with Gasteiger partial charge in [-0.1, -0.05) is 62.7 Å². The molecule has 42 heavy (non-hydrogen) atoms. The molecule has 1 N–H and O–H groups in total. The summed E-state index contributed by atoms with van der Waals surface area (Å²) >= 11 is 1.23. The molecule has 2 heterocycles. The summed E-state index contributed by atoms with van der Waals surface area (Å²) in [5.41, 5.74) is 2.12. The summed E-state index contributed by atoms with van der Waals surface area (Å²) in [6, 6.07) is 15.5. The van der Waals surface area contributed by atoms with Crippen molar-refractivity contribution in [2.24, 2.45) is 5.92 Å². The molecule has 0 unspecified atom stereocenters. The summed E-state index contributed by atoms with van der Waals surface area (Å²) < 4.78 is 26.3. The summed E-state index contributed by atoms with van der Waals surface area (Å²) in [7, 11) is 1.26. The molecule has 1 saturated carbocycles. The molecule has 2 aromatic carbocycles. The van der Waals surface area contributed by atoms with Crippen LogP contribution in [0.25, 0.3) is 21.9 Å². The van der Waals surface area contributed by atoms with E-state index >= 15 is 0 Å². The van der Waals surface area contributed by atoms with Crippen LogP contribution < -0.4 is 10.1 Å². The average Bonchev–Trinajstić information content (AvgIpc) is 3.00. The minimum atomic E-state index is -0.703. The van der Waals surface area contributed by atoms with Gasteiger partial charge in [0, 0.05) is 34.6 Å². The van der Waals surface area contributed by atoms with E-state index in [0.717, 1.165) is 24.8 Å². The van der Waals surface area contributed by atoms with Gasteiger partial charge >= 0.3 is 49.1 Å². The molecule has 2 aromatic heterocycles. The van der Waals surface area contributed by atoms with E-state index in [1.165, 1.54) is 55.4 Å². The minimum absolute atomic E-state index is 0.0668. The van der Waals surface area contributed by atoms with Gasteiger partial charge in [0.25, 0.3) is 0 Å². The topological polar surface area (TPSA) is 90.4 Å². The van der Waals surface area contributed by atoms with E-state index in [1.54, 1.807) is 24.5 Å². The molecule has 1 amide bonds. The summed E-state index contributed by atoms with van der Waals surface area (Å²) in [6.45, 7) is 6.40. The fraction of sp³-hybridized carbons (Fsp3) is 0.333. The Kier molecular flexibility index (Phi) is 13.3. The van der Waals surface area contributed by atoms with Crippen molar-refractivity contribution >= 4 is 54.2 Å². The molecular weight excluding hydrogens is 726 g/mol. The van der Waals surface area contributed by atoms with Gasteiger partial charge in [0.15, 0.2) is 11.4 Å². The maximum absolute atomic E-state index is 13.7. The Morgan fingerprint density at radius 3 is 2.29 bits per heavy atom. The zero-order valence-electron chi connectivity index (χ0n) is 24.7. The van der Waals surface area contributed by atoms with Crippen LogP contribution in [0.15, 0.2) is 67.0 Å². The van der Waals surface area contributed by atoms with Gasteiger partial charge in [0.1, 0.15) is 18.2 Å². The Hall–Kier alpha value is -3.41. The number of amides is 1. The number of methoxy groups -OCH3 is 1. The second-order valence-electron chi connectivity index (χ2n) is 9.43. The molecule has 0 aliphatic heterocycles. The molecule has 0 atom stereocenters. The predicted molar refractivity (Wildman–Crippen MR) is 165 cm³/mol. The number of pyridine rings is 2. The third kappa shape index (κ3) is 8.33. The average molecular weight is 763 g/mol. The number of hydrogen-bond donors (Lipinski definition) is 1. The van der Waals surface area contributed by atoms with Crippen LogP contribution >= 0.6 is 0 Å². The van der Waals surface area contributed by atoms with Crippen molar-refractivity contribution in [1.82, 2.24) is 9.97 Å². The van der Waals surface area contributed by atoms with Crippen LogP contribution in [0.5, 0.6) is 5.75 Å². The predicted octanol–water partition coefficient (Wildman–Crippen LogP) is 7.55. The van der Waals surface area contributed by atoms with Gasteiger partial charge in [-0.3, -0.25) is 9.78 Å². The number of aromatic nitrogens is 2. The van der Waals surface area contributed by atoms with E-state index in [9.17, 15) is 14.0 Å². The quantitative estimate of drug-likeness (QED) is 0.147. The third-order valence-electron chi connectivity index (χ3n) is 6.63. The molecular formula is C33H37FN3O4Tl. The Bertz CT molecular complexity index is 1460. The van der Waals surface area contributed by atoms with Crippen LogP contribution in [-0.2, 0) is 16.1 Å². The monoisotopic (exact) mass is 763 g/mol. The zero-order chi connectivity index (χ0) is 30.5. The van der Waals surface area contributed by atoms with Crippen LogP contribution in [-0.4, -0.2) is 54.7 Å². The zero-order valence-corrected chi connectivity index (χ0v) is 29.1. The maximum atomic E-state index is 13.7. The van der Waals surface area contributed by atoms with Crippen molar-refractivity contribution < 1.29 is 23.5 Å². The number of nitrogens with one attached hydrogen (secondary N) is 1. The van der Waals surface area contributed by atoms with Gasteiger partial charge in [-0.15, -0.1) is 0 Å². The van der Waals surface area contributed by atoms with Crippen molar-refractivity contribution in [1.29, 1.82) is 0 Å². The van der Waals surface area contributed by atoms with E-state index in [1.807, 2.05) is 44.2 Å². The van der Waals surface area contributed by atoms with Crippen molar-refractivity contribution in [2.75, 3.05) is 12.4 Å². The molecule has 0 saturated heterocycles. The third-order valence-corrected chi connectivity index (χ3v) is 8.88. The first-order chi connectivity index (χ1) is 20.5. The first-order valence-electron chi connectivity index (χ1n) is 14.3. The summed E-state index contributed by atoms with van der Waals surface area (Å²) in [5, 5.41) is 3.93. The van der Waals surface area contributed by atoms with Crippen LogP contribution in [0.4, 0.5) is 10.2 Å². The normalized spacial score (nSPS) is 12.1. The first kappa shape index (κ1) is 33.1. The van der Waals surface area contributed by atoms with Gasteiger partial charge in [0.2, 0.25) is 5.91 Å². The molecule has 1 aliphatic carbocycles. The largest absolute Gasteiger partial charge is 0.486 e. The fourth-order valence-electron chi connectivity index (χ4n) is 4.17. The van der Waals surface area contributed by atoms with Crippen molar-refractivity contribution in [3.63, 3.8) is 0 Å². The number of ether oxygens (including phenoxy) is 2. The maximum Gasteiger partial charge on any atom is 0.360 e. The van der Waals surface area contributed by atoms with Crippen molar-refractivity contribution in [3.8, 4) is 16.9 Å². The van der Waals surface area contributed by atoms with Crippen LogP contribution in [0.2, 0.25) is 3.98 Å².